The quantitative estimate of drug-likeness (QED) is 0.677. The van der Waals surface area contributed by atoms with Gasteiger partial charge in [0.05, 0.1) is 6.10 Å². The van der Waals surface area contributed by atoms with Gasteiger partial charge in [0, 0.05) is 17.1 Å². The van der Waals surface area contributed by atoms with E-state index in [-0.39, 0.29) is 0 Å². The van der Waals surface area contributed by atoms with Crippen molar-refractivity contribution < 1.29 is 18.7 Å². The first-order valence-corrected chi connectivity index (χ1v) is 7.17. The number of nitrogens with one attached hydrogen (secondary N) is 2. The number of halogens is 2. The van der Waals surface area contributed by atoms with Crippen LogP contribution >= 0.6 is 11.8 Å². The second-order valence-electron chi connectivity index (χ2n) is 4.14. The summed E-state index contributed by atoms with van der Waals surface area (Å²) < 4.78 is 24.5. The molecule has 4 nitrogen and oxygen atoms in total. The number of aliphatic hydroxyl groups excluding tert-OH is 1. The van der Waals surface area contributed by atoms with Crippen molar-refractivity contribution in [2.24, 2.45) is 0 Å². The molecule has 2 amide bonds. The number of amides is 2. The maximum absolute atomic E-state index is 12.2. The standard InChI is InChI=1S/C13H18F2N2O2S/c1-2-10(18)6-7-16-13(19)17-9-4-3-5-11(8-9)20-12(14)15/h3-5,8,10,12,18H,2,6-7H2,1H3,(H2,16,17,19). The minimum atomic E-state index is -2.49. The Hall–Kier alpha value is -1.34. The Morgan fingerprint density at radius 1 is 1.45 bits per heavy atom. The van der Waals surface area contributed by atoms with Gasteiger partial charge >= 0.3 is 6.03 Å². The average Bonchev–Trinajstić information content (AvgIpc) is 2.38. The molecule has 0 aliphatic rings. The van der Waals surface area contributed by atoms with Crippen LogP contribution in [0.3, 0.4) is 0 Å². The van der Waals surface area contributed by atoms with E-state index in [1.54, 1.807) is 18.2 Å². The van der Waals surface area contributed by atoms with E-state index in [9.17, 15) is 18.7 Å². The Labute approximate surface area is 120 Å². The van der Waals surface area contributed by atoms with Crippen molar-refractivity contribution in [2.75, 3.05) is 11.9 Å². The topological polar surface area (TPSA) is 61.4 Å². The number of thioether (sulfide) groups is 1. The molecule has 0 aliphatic heterocycles. The van der Waals surface area contributed by atoms with Crippen LogP contribution in [0.1, 0.15) is 19.8 Å². The van der Waals surface area contributed by atoms with Crippen molar-refractivity contribution in [1.29, 1.82) is 0 Å². The monoisotopic (exact) mass is 304 g/mol. The van der Waals surface area contributed by atoms with Gasteiger partial charge in [0.1, 0.15) is 0 Å². The molecule has 1 aromatic carbocycles. The van der Waals surface area contributed by atoms with E-state index in [0.29, 0.717) is 41.7 Å². The van der Waals surface area contributed by atoms with Crippen molar-refractivity contribution in [3.05, 3.63) is 24.3 Å². The lowest BCUT2D eigenvalue weighted by Gasteiger charge is -2.10. The van der Waals surface area contributed by atoms with Gasteiger partial charge < -0.3 is 15.7 Å². The lowest BCUT2D eigenvalue weighted by molar-refractivity contribution is 0.160. The van der Waals surface area contributed by atoms with Crippen LogP contribution in [0.15, 0.2) is 29.2 Å². The molecule has 0 aliphatic carbocycles. The number of urea groups is 1. The Balaban J connectivity index is 2.41. The molecule has 0 spiro atoms. The summed E-state index contributed by atoms with van der Waals surface area (Å²) >= 11 is 0.426. The van der Waals surface area contributed by atoms with Crippen LogP contribution in [0.2, 0.25) is 0 Å². The Kier molecular flexibility index (Phi) is 7.32. The van der Waals surface area contributed by atoms with E-state index in [0.717, 1.165) is 0 Å². The minimum Gasteiger partial charge on any atom is -0.393 e. The number of hydrogen-bond acceptors (Lipinski definition) is 3. The predicted molar refractivity (Wildman–Crippen MR) is 76.2 cm³/mol. The SMILES string of the molecule is CCC(O)CCNC(=O)Nc1cccc(SC(F)F)c1. The zero-order valence-corrected chi connectivity index (χ0v) is 11.9. The third-order valence-corrected chi connectivity index (χ3v) is 3.26. The summed E-state index contributed by atoms with van der Waals surface area (Å²) in [7, 11) is 0. The van der Waals surface area contributed by atoms with E-state index in [4.69, 9.17) is 0 Å². The predicted octanol–water partition coefficient (Wildman–Crippen LogP) is 3.28. The summed E-state index contributed by atoms with van der Waals surface area (Å²) in [6.07, 6.45) is 0.683. The van der Waals surface area contributed by atoms with Crippen LogP contribution in [0.4, 0.5) is 19.3 Å². The maximum Gasteiger partial charge on any atom is 0.319 e. The number of hydrogen-bond donors (Lipinski definition) is 3. The lowest BCUT2D eigenvalue weighted by atomic mass is 10.2. The largest absolute Gasteiger partial charge is 0.393 e. The first-order valence-electron chi connectivity index (χ1n) is 6.29. The van der Waals surface area contributed by atoms with Gasteiger partial charge in [0.25, 0.3) is 5.76 Å². The smallest absolute Gasteiger partial charge is 0.319 e. The Morgan fingerprint density at radius 2 is 2.20 bits per heavy atom. The summed E-state index contributed by atoms with van der Waals surface area (Å²) in [5.74, 6) is -2.49. The first kappa shape index (κ1) is 16.7. The summed E-state index contributed by atoms with van der Waals surface area (Å²) in [5.41, 5.74) is 0.448. The second-order valence-corrected chi connectivity index (χ2v) is 5.20. The van der Waals surface area contributed by atoms with Crippen LogP contribution in [0.5, 0.6) is 0 Å². The molecule has 7 heteroatoms. The number of carbonyl (C=O) groups excluding carboxylic acids is 1. The van der Waals surface area contributed by atoms with Crippen LogP contribution in [-0.4, -0.2) is 29.5 Å². The van der Waals surface area contributed by atoms with Gasteiger partial charge in [-0.05, 0) is 31.0 Å². The molecule has 0 heterocycles. The fourth-order valence-electron chi connectivity index (χ4n) is 1.48. The molecule has 0 radical (unpaired) electrons. The number of benzene rings is 1. The molecule has 1 unspecified atom stereocenters. The van der Waals surface area contributed by atoms with Crippen molar-refractivity contribution in [1.82, 2.24) is 5.32 Å². The molecule has 1 rings (SSSR count). The van der Waals surface area contributed by atoms with Gasteiger partial charge in [-0.15, -0.1) is 0 Å². The summed E-state index contributed by atoms with van der Waals surface area (Å²) in [5, 5.41) is 14.5. The van der Waals surface area contributed by atoms with E-state index in [2.05, 4.69) is 10.6 Å². The number of carbonyl (C=O) groups is 1. The lowest BCUT2D eigenvalue weighted by Crippen LogP contribution is -2.31. The Bertz CT molecular complexity index is 433. The zero-order chi connectivity index (χ0) is 15.0. The molecular weight excluding hydrogens is 286 g/mol. The molecule has 0 aromatic heterocycles. The molecule has 20 heavy (non-hydrogen) atoms. The molecular formula is C13H18F2N2O2S. The van der Waals surface area contributed by atoms with E-state index in [1.165, 1.54) is 6.07 Å². The highest BCUT2D eigenvalue weighted by Crippen LogP contribution is 2.27. The van der Waals surface area contributed by atoms with E-state index >= 15 is 0 Å². The van der Waals surface area contributed by atoms with Gasteiger partial charge in [0.15, 0.2) is 0 Å². The van der Waals surface area contributed by atoms with E-state index in [1.807, 2.05) is 6.92 Å². The first-order chi connectivity index (χ1) is 9.51. The van der Waals surface area contributed by atoms with Crippen molar-refractivity contribution >= 4 is 23.5 Å². The molecule has 0 saturated carbocycles. The van der Waals surface area contributed by atoms with Gasteiger partial charge in [-0.3, -0.25) is 0 Å². The van der Waals surface area contributed by atoms with Crippen LogP contribution in [-0.2, 0) is 0 Å². The molecule has 0 fully saturated rings. The third kappa shape index (κ3) is 6.72. The number of rotatable bonds is 7. The fourth-order valence-corrected chi connectivity index (χ4v) is 2.04. The van der Waals surface area contributed by atoms with Crippen molar-refractivity contribution in [2.45, 2.75) is 36.5 Å². The highest BCUT2D eigenvalue weighted by molar-refractivity contribution is 7.99. The van der Waals surface area contributed by atoms with Crippen molar-refractivity contribution in [3.63, 3.8) is 0 Å². The van der Waals surface area contributed by atoms with Gasteiger partial charge in [0.2, 0.25) is 0 Å². The fraction of sp³-hybridized carbons (Fsp3) is 0.462. The second kappa shape index (κ2) is 8.76. The molecule has 1 atom stereocenters. The normalized spacial score (nSPS) is 12.2. The van der Waals surface area contributed by atoms with Crippen LogP contribution in [0, 0.1) is 0 Å². The van der Waals surface area contributed by atoms with E-state index < -0.39 is 17.9 Å². The summed E-state index contributed by atoms with van der Waals surface area (Å²) in [6, 6.07) is 5.83. The highest BCUT2D eigenvalue weighted by atomic mass is 32.2. The Morgan fingerprint density at radius 3 is 2.85 bits per heavy atom. The molecule has 3 N–H and O–H groups in total. The number of alkyl halides is 2. The molecule has 0 bridgehead atoms. The maximum atomic E-state index is 12.2. The van der Waals surface area contributed by atoms with Gasteiger partial charge in [-0.1, -0.05) is 24.8 Å². The zero-order valence-electron chi connectivity index (χ0n) is 11.1. The van der Waals surface area contributed by atoms with Crippen molar-refractivity contribution in [3.8, 4) is 0 Å². The molecule has 112 valence electrons. The molecule has 0 saturated heterocycles. The van der Waals surface area contributed by atoms with Crippen LogP contribution < -0.4 is 10.6 Å². The summed E-state index contributed by atoms with van der Waals surface area (Å²) in [6.45, 7) is 2.21. The van der Waals surface area contributed by atoms with Gasteiger partial charge in [-0.2, -0.15) is 8.78 Å². The summed E-state index contributed by atoms with van der Waals surface area (Å²) in [4.78, 5) is 11.9. The molecule has 1 aromatic rings. The number of anilines is 1. The minimum absolute atomic E-state index is 0.353. The van der Waals surface area contributed by atoms with Crippen LogP contribution in [0.25, 0.3) is 0 Å². The third-order valence-electron chi connectivity index (χ3n) is 2.55. The average molecular weight is 304 g/mol. The highest BCUT2D eigenvalue weighted by Gasteiger charge is 2.07. The number of aliphatic hydroxyl groups is 1. The van der Waals surface area contributed by atoms with Gasteiger partial charge in [-0.25, -0.2) is 4.79 Å².